The number of aromatic nitrogens is 4. The lowest BCUT2D eigenvalue weighted by Gasteiger charge is -2.28. The van der Waals surface area contributed by atoms with E-state index in [4.69, 9.17) is 15.7 Å². The van der Waals surface area contributed by atoms with Crippen molar-refractivity contribution in [2.45, 2.75) is 51.7 Å². The van der Waals surface area contributed by atoms with E-state index in [1.165, 1.54) is 11.5 Å². The molecule has 31 heavy (non-hydrogen) atoms. The van der Waals surface area contributed by atoms with Crippen molar-refractivity contribution in [3.63, 3.8) is 0 Å². The number of nitrogens with one attached hydrogen (secondary N) is 2. The molecule has 1 amide bonds. The second-order valence-electron chi connectivity index (χ2n) is 8.93. The number of primary amides is 1. The number of piperidine rings is 1. The van der Waals surface area contributed by atoms with E-state index >= 15 is 0 Å². The van der Waals surface area contributed by atoms with Crippen LogP contribution in [0.3, 0.4) is 0 Å². The number of pyridine rings is 1. The number of nitrogens with two attached hydrogens (primary N) is 1. The lowest BCUT2D eigenvalue weighted by atomic mass is 9.95. The molecule has 10 heteroatoms. The summed E-state index contributed by atoms with van der Waals surface area (Å²) in [5.41, 5.74) is 7.89. The van der Waals surface area contributed by atoms with E-state index in [2.05, 4.69) is 20.0 Å². The van der Waals surface area contributed by atoms with E-state index in [1.54, 1.807) is 6.07 Å². The largest absolute Gasteiger partial charge is 0.366 e. The number of anilines is 1. The van der Waals surface area contributed by atoms with Crippen molar-refractivity contribution in [3.05, 3.63) is 29.2 Å². The number of hydrogen-bond donors (Lipinski definition) is 3. The summed E-state index contributed by atoms with van der Waals surface area (Å²) in [5.74, 6) is 0.428. The summed E-state index contributed by atoms with van der Waals surface area (Å²) in [7, 11) is 0. The van der Waals surface area contributed by atoms with Crippen LogP contribution in [0.1, 0.15) is 49.1 Å². The van der Waals surface area contributed by atoms with E-state index < -0.39 is 12.1 Å². The van der Waals surface area contributed by atoms with Gasteiger partial charge in [-0.05, 0) is 30.6 Å². The van der Waals surface area contributed by atoms with Crippen molar-refractivity contribution < 1.29 is 9.18 Å². The van der Waals surface area contributed by atoms with Crippen LogP contribution in [0.25, 0.3) is 21.6 Å². The minimum Gasteiger partial charge on any atom is -0.366 e. The Balaban J connectivity index is 1.93. The van der Waals surface area contributed by atoms with Crippen LogP contribution in [-0.2, 0) is 5.41 Å². The number of rotatable bonds is 4. The summed E-state index contributed by atoms with van der Waals surface area (Å²) in [5, 5.41) is 6.42. The van der Waals surface area contributed by atoms with Crippen LogP contribution in [0.15, 0.2) is 12.1 Å². The van der Waals surface area contributed by atoms with Gasteiger partial charge in [0.15, 0.2) is 5.82 Å². The van der Waals surface area contributed by atoms with Crippen molar-refractivity contribution in [3.8, 4) is 10.6 Å². The third-order valence-corrected chi connectivity index (χ3v) is 6.01. The molecule has 4 heterocycles. The number of nitrogens with zero attached hydrogens (tertiary/aromatic N) is 4. The van der Waals surface area contributed by atoms with Crippen LogP contribution in [0.4, 0.5) is 10.2 Å². The van der Waals surface area contributed by atoms with Crippen LogP contribution in [-0.4, -0.2) is 50.5 Å². The maximum Gasteiger partial charge on any atom is 0.251 e. The topological polar surface area (TPSA) is 119 Å². The van der Waals surface area contributed by atoms with E-state index in [1.807, 2.05) is 33.8 Å². The predicted molar refractivity (Wildman–Crippen MR) is 120 cm³/mol. The first-order valence-corrected chi connectivity index (χ1v) is 11.0. The first-order valence-electron chi connectivity index (χ1n) is 10.2. The average molecular weight is 444 g/mol. The summed E-state index contributed by atoms with van der Waals surface area (Å²) in [4.78, 5) is 27.3. The fraction of sp³-hybridized carbons (Fsp3) is 0.476. The van der Waals surface area contributed by atoms with Crippen LogP contribution < -0.4 is 16.4 Å². The lowest BCUT2D eigenvalue weighted by molar-refractivity contribution is 0.100. The van der Waals surface area contributed by atoms with Crippen molar-refractivity contribution in [2.75, 3.05) is 18.4 Å². The Morgan fingerprint density at radius 1 is 1.23 bits per heavy atom. The minimum absolute atomic E-state index is 0.164. The summed E-state index contributed by atoms with van der Waals surface area (Å²) in [6, 6.07) is 3.39. The predicted octanol–water partition coefficient (Wildman–Crippen LogP) is 2.97. The Bertz CT molecular complexity index is 1140. The number of amides is 1. The molecular weight excluding hydrogens is 417 g/mol. The number of carbonyl (C=O) groups excluding carboxylic acids is 1. The fourth-order valence-electron chi connectivity index (χ4n) is 3.53. The van der Waals surface area contributed by atoms with Crippen LogP contribution in [0, 0.1) is 6.92 Å². The molecule has 0 bridgehead atoms. The van der Waals surface area contributed by atoms with Crippen molar-refractivity contribution in [2.24, 2.45) is 5.73 Å². The molecule has 0 saturated carbocycles. The van der Waals surface area contributed by atoms with E-state index in [0.717, 1.165) is 10.6 Å². The SMILES string of the molecule is Cc1cc(-c2cc(C(N)=O)c3nc(C(C)(C)C)nc(N[C@@H]4CNC[C@@H](F)C4)c3n2)sn1. The third kappa shape index (κ3) is 4.49. The van der Waals surface area contributed by atoms with Crippen molar-refractivity contribution >= 4 is 34.3 Å². The molecule has 8 nitrogen and oxygen atoms in total. The van der Waals surface area contributed by atoms with Gasteiger partial charge in [0.25, 0.3) is 5.91 Å². The lowest BCUT2D eigenvalue weighted by Crippen LogP contribution is -2.44. The molecule has 1 saturated heterocycles. The zero-order valence-corrected chi connectivity index (χ0v) is 18.8. The standard InChI is InChI=1S/C21H26FN7OS/c1-10-5-15(31-29-10)14-7-13(18(23)30)16-17(26-14)19(28-20(27-16)21(2,3)4)25-12-6-11(22)8-24-9-12/h5,7,11-12,24H,6,8-9H2,1-4H3,(H2,23,30)(H,25,27,28)/t11-,12-/m0/s1. The normalized spacial score (nSPS) is 19.5. The van der Waals surface area contributed by atoms with Gasteiger partial charge in [-0.25, -0.2) is 19.3 Å². The van der Waals surface area contributed by atoms with Gasteiger partial charge in [0.2, 0.25) is 0 Å². The van der Waals surface area contributed by atoms with E-state index in [9.17, 15) is 9.18 Å². The number of fused-ring (bicyclic) bond motifs is 1. The molecule has 2 atom stereocenters. The van der Waals surface area contributed by atoms with Gasteiger partial charge < -0.3 is 16.4 Å². The van der Waals surface area contributed by atoms with Crippen LogP contribution >= 0.6 is 11.5 Å². The molecule has 3 aromatic rings. The fourth-order valence-corrected chi connectivity index (χ4v) is 4.25. The Morgan fingerprint density at radius 3 is 2.61 bits per heavy atom. The summed E-state index contributed by atoms with van der Waals surface area (Å²) < 4.78 is 18.3. The molecule has 0 unspecified atom stereocenters. The monoisotopic (exact) mass is 443 g/mol. The van der Waals surface area contributed by atoms with Gasteiger partial charge >= 0.3 is 0 Å². The highest BCUT2D eigenvalue weighted by Gasteiger charge is 2.27. The van der Waals surface area contributed by atoms with Crippen LogP contribution in [0.2, 0.25) is 0 Å². The average Bonchev–Trinajstić information content (AvgIpc) is 3.12. The number of halogens is 1. The highest BCUT2D eigenvalue weighted by Crippen LogP contribution is 2.32. The molecule has 0 aliphatic carbocycles. The molecule has 0 aromatic carbocycles. The highest BCUT2D eigenvalue weighted by atomic mass is 32.1. The summed E-state index contributed by atoms with van der Waals surface area (Å²) in [6.45, 7) is 8.81. The third-order valence-electron chi connectivity index (χ3n) is 5.11. The zero-order chi connectivity index (χ0) is 22.3. The highest BCUT2D eigenvalue weighted by molar-refractivity contribution is 7.09. The molecule has 164 valence electrons. The molecule has 1 fully saturated rings. The molecule has 0 spiro atoms. The number of aryl methyl sites for hydroxylation is 1. The Morgan fingerprint density at radius 2 is 2.00 bits per heavy atom. The van der Waals surface area contributed by atoms with Gasteiger partial charge in [0.05, 0.1) is 21.8 Å². The van der Waals surface area contributed by atoms with Gasteiger partial charge in [0.1, 0.15) is 23.0 Å². The Hall–Kier alpha value is -2.72. The first-order chi connectivity index (χ1) is 14.6. The molecule has 4 rings (SSSR count). The number of hydrogen-bond acceptors (Lipinski definition) is 8. The van der Waals surface area contributed by atoms with Gasteiger partial charge in [-0.2, -0.15) is 4.37 Å². The molecule has 1 aliphatic heterocycles. The van der Waals surface area contributed by atoms with Gasteiger partial charge in [0, 0.05) is 31.0 Å². The minimum atomic E-state index is -0.939. The zero-order valence-electron chi connectivity index (χ0n) is 18.0. The van der Waals surface area contributed by atoms with Gasteiger partial charge in [-0.3, -0.25) is 4.79 Å². The second kappa shape index (κ2) is 8.08. The van der Waals surface area contributed by atoms with E-state index in [-0.39, 0.29) is 17.0 Å². The van der Waals surface area contributed by atoms with E-state index in [0.29, 0.717) is 47.9 Å². The molecule has 0 radical (unpaired) electrons. The molecule has 3 aromatic heterocycles. The first kappa shape index (κ1) is 21.5. The number of alkyl halides is 1. The molecule has 1 aliphatic rings. The summed E-state index contributed by atoms with van der Waals surface area (Å²) in [6.07, 6.45) is -0.578. The summed E-state index contributed by atoms with van der Waals surface area (Å²) >= 11 is 1.30. The van der Waals surface area contributed by atoms with Gasteiger partial charge in [-0.1, -0.05) is 20.8 Å². The quantitative estimate of drug-likeness (QED) is 0.567. The van der Waals surface area contributed by atoms with Gasteiger partial charge in [-0.15, -0.1) is 0 Å². The Labute approximate surface area is 184 Å². The van der Waals surface area contributed by atoms with Crippen molar-refractivity contribution in [1.82, 2.24) is 24.6 Å². The Kier molecular flexibility index (Phi) is 5.61. The molecule has 4 N–H and O–H groups in total. The molecular formula is C21H26FN7OS. The maximum absolute atomic E-state index is 14.0. The second-order valence-corrected chi connectivity index (χ2v) is 9.73. The smallest absolute Gasteiger partial charge is 0.251 e. The maximum atomic E-state index is 14.0. The van der Waals surface area contributed by atoms with Crippen molar-refractivity contribution in [1.29, 1.82) is 0 Å². The number of carbonyl (C=O) groups is 1. The van der Waals surface area contributed by atoms with Crippen LogP contribution in [0.5, 0.6) is 0 Å².